The number of hydrogen-bond acceptors (Lipinski definition) is 4. The van der Waals surface area contributed by atoms with Gasteiger partial charge in [0.15, 0.2) is 16.4 Å². The van der Waals surface area contributed by atoms with E-state index < -0.39 is 15.7 Å². The minimum atomic E-state index is -3.41. The van der Waals surface area contributed by atoms with Gasteiger partial charge in [0.2, 0.25) is 0 Å². The smallest absolute Gasteiger partial charge is 0.265 e. The second kappa shape index (κ2) is 6.24. The molecule has 126 valence electrons. The maximum atomic E-state index is 13.4. The maximum absolute atomic E-state index is 13.4. The summed E-state index contributed by atoms with van der Waals surface area (Å²) in [6.07, 6.45) is 0. The molecule has 0 N–H and O–H groups in total. The zero-order valence-electron chi connectivity index (χ0n) is 13.0. The summed E-state index contributed by atoms with van der Waals surface area (Å²) in [4.78, 5) is 13.8. The summed E-state index contributed by atoms with van der Waals surface area (Å²) in [5, 5.41) is 0. The molecule has 0 unspecified atom stereocenters. The number of anilines is 1. The Bertz CT molecular complexity index is 895. The first-order valence-electron chi connectivity index (χ1n) is 7.45. The number of rotatable bonds is 4. The van der Waals surface area contributed by atoms with E-state index in [4.69, 9.17) is 4.74 Å². The third-order valence-corrected chi connectivity index (χ3v) is 5.57. The molecule has 7 heteroatoms. The highest BCUT2D eigenvalue weighted by molar-refractivity contribution is 7.91. The molecule has 0 spiro atoms. The fourth-order valence-electron chi connectivity index (χ4n) is 2.53. The predicted octanol–water partition coefficient (Wildman–Crippen LogP) is 2.54. The Balaban J connectivity index is 2.03. The number of fused-ring (bicyclic) bond motifs is 1. The summed E-state index contributed by atoms with van der Waals surface area (Å²) in [5.74, 6) is -0.306. The number of hydrogen-bond donors (Lipinski definition) is 0. The quantitative estimate of drug-likeness (QED) is 0.851. The molecule has 0 bridgehead atoms. The van der Waals surface area contributed by atoms with Crippen LogP contribution in [0.4, 0.5) is 10.1 Å². The maximum Gasteiger partial charge on any atom is 0.265 e. The Morgan fingerprint density at radius 1 is 1.21 bits per heavy atom. The molecule has 0 fully saturated rings. The number of benzene rings is 2. The van der Waals surface area contributed by atoms with Gasteiger partial charge < -0.3 is 9.64 Å². The van der Waals surface area contributed by atoms with Gasteiger partial charge in [-0.15, -0.1) is 0 Å². The lowest BCUT2D eigenvalue weighted by Gasteiger charge is -2.30. The van der Waals surface area contributed by atoms with Crippen molar-refractivity contribution < 1.29 is 22.3 Å². The SMILES string of the molecule is CCS(=O)(=O)c1ccc2c(c1)N(Cc1cccc(F)c1)C(=O)CO2. The van der Waals surface area contributed by atoms with Gasteiger partial charge in [0.1, 0.15) is 11.6 Å². The van der Waals surface area contributed by atoms with Crippen LogP contribution in [0.1, 0.15) is 12.5 Å². The largest absolute Gasteiger partial charge is 0.482 e. The lowest BCUT2D eigenvalue weighted by atomic mass is 10.1. The summed E-state index contributed by atoms with van der Waals surface area (Å²) in [5.41, 5.74) is 0.991. The van der Waals surface area contributed by atoms with Crippen molar-refractivity contribution in [1.29, 1.82) is 0 Å². The van der Waals surface area contributed by atoms with Crippen LogP contribution in [-0.4, -0.2) is 26.7 Å². The number of carbonyl (C=O) groups is 1. The summed E-state index contributed by atoms with van der Waals surface area (Å²) in [6, 6.07) is 10.4. The number of carbonyl (C=O) groups excluding carboxylic acids is 1. The van der Waals surface area contributed by atoms with Crippen LogP contribution in [0.25, 0.3) is 0 Å². The Morgan fingerprint density at radius 3 is 2.71 bits per heavy atom. The van der Waals surface area contributed by atoms with Crippen LogP contribution in [0.2, 0.25) is 0 Å². The standard InChI is InChI=1S/C17H16FNO4S/c1-2-24(21,22)14-6-7-16-15(9-14)19(17(20)11-23-16)10-12-4-3-5-13(18)8-12/h3-9H,2,10-11H2,1H3. The van der Waals surface area contributed by atoms with E-state index >= 15 is 0 Å². The van der Waals surface area contributed by atoms with E-state index in [1.54, 1.807) is 25.1 Å². The number of ether oxygens (including phenoxy) is 1. The molecule has 2 aromatic carbocycles. The zero-order chi connectivity index (χ0) is 17.3. The molecule has 0 atom stereocenters. The van der Waals surface area contributed by atoms with E-state index in [2.05, 4.69) is 0 Å². The molecular weight excluding hydrogens is 333 g/mol. The lowest BCUT2D eigenvalue weighted by molar-refractivity contribution is -0.121. The molecule has 5 nitrogen and oxygen atoms in total. The summed E-state index contributed by atoms with van der Waals surface area (Å²) >= 11 is 0. The van der Waals surface area contributed by atoms with E-state index in [1.165, 1.54) is 29.2 Å². The average molecular weight is 349 g/mol. The van der Waals surface area contributed by atoms with Crippen LogP contribution in [0.15, 0.2) is 47.4 Å². The molecule has 0 aliphatic carbocycles. The number of amides is 1. The number of sulfone groups is 1. The lowest BCUT2D eigenvalue weighted by Crippen LogP contribution is -2.38. The minimum Gasteiger partial charge on any atom is -0.482 e. The second-order valence-corrected chi connectivity index (χ2v) is 7.71. The first-order chi connectivity index (χ1) is 11.4. The molecule has 0 aromatic heterocycles. The van der Waals surface area contributed by atoms with Crippen molar-refractivity contribution in [3.8, 4) is 5.75 Å². The van der Waals surface area contributed by atoms with Crippen LogP contribution in [-0.2, 0) is 21.2 Å². The molecular formula is C17H16FNO4S. The summed E-state index contributed by atoms with van der Waals surface area (Å²) in [7, 11) is -3.41. The molecule has 3 rings (SSSR count). The predicted molar refractivity (Wildman–Crippen MR) is 87.3 cm³/mol. The van der Waals surface area contributed by atoms with Crippen LogP contribution in [0.5, 0.6) is 5.75 Å². The first-order valence-corrected chi connectivity index (χ1v) is 9.10. The molecule has 1 amide bonds. The molecule has 1 heterocycles. The van der Waals surface area contributed by atoms with Gasteiger partial charge in [-0.05, 0) is 35.9 Å². The van der Waals surface area contributed by atoms with E-state index in [1.807, 2.05) is 0 Å². The van der Waals surface area contributed by atoms with E-state index in [0.29, 0.717) is 17.0 Å². The fraction of sp³-hybridized carbons (Fsp3) is 0.235. The van der Waals surface area contributed by atoms with Gasteiger partial charge in [-0.1, -0.05) is 19.1 Å². The second-order valence-electron chi connectivity index (χ2n) is 5.43. The van der Waals surface area contributed by atoms with Crippen molar-refractivity contribution in [3.05, 3.63) is 53.8 Å². The molecule has 0 saturated heterocycles. The normalized spacial score (nSPS) is 14.2. The monoisotopic (exact) mass is 349 g/mol. The number of nitrogens with zero attached hydrogens (tertiary/aromatic N) is 1. The van der Waals surface area contributed by atoms with Crippen LogP contribution in [0.3, 0.4) is 0 Å². The number of halogens is 1. The van der Waals surface area contributed by atoms with E-state index in [-0.39, 0.29) is 29.7 Å². The van der Waals surface area contributed by atoms with Gasteiger partial charge >= 0.3 is 0 Å². The zero-order valence-corrected chi connectivity index (χ0v) is 13.8. The molecule has 2 aromatic rings. The van der Waals surface area contributed by atoms with Crippen LogP contribution >= 0.6 is 0 Å². The third kappa shape index (κ3) is 3.12. The highest BCUT2D eigenvalue weighted by Crippen LogP contribution is 2.35. The van der Waals surface area contributed by atoms with Gasteiger partial charge in [-0.3, -0.25) is 4.79 Å². The Kier molecular flexibility index (Phi) is 4.28. The molecule has 0 radical (unpaired) electrons. The van der Waals surface area contributed by atoms with Gasteiger partial charge in [-0.2, -0.15) is 0 Å². The van der Waals surface area contributed by atoms with Gasteiger partial charge in [0.05, 0.1) is 22.9 Å². The summed E-state index contributed by atoms with van der Waals surface area (Å²) in [6.45, 7) is 1.56. The Labute approximate surface area is 139 Å². The van der Waals surface area contributed by atoms with Gasteiger partial charge in [0, 0.05) is 0 Å². The van der Waals surface area contributed by atoms with Crippen LogP contribution < -0.4 is 9.64 Å². The highest BCUT2D eigenvalue weighted by atomic mass is 32.2. The Hall–Kier alpha value is -2.41. The Morgan fingerprint density at radius 2 is 2.00 bits per heavy atom. The van der Waals surface area contributed by atoms with Crippen molar-refractivity contribution in [1.82, 2.24) is 0 Å². The van der Waals surface area contributed by atoms with Crippen molar-refractivity contribution >= 4 is 21.4 Å². The topological polar surface area (TPSA) is 63.7 Å². The van der Waals surface area contributed by atoms with E-state index in [0.717, 1.165) is 0 Å². The average Bonchev–Trinajstić information content (AvgIpc) is 2.57. The highest BCUT2D eigenvalue weighted by Gasteiger charge is 2.27. The third-order valence-electron chi connectivity index (χ3n) is 3.84. The minimum absolute atomic E-state index is 0.0372. The van der Waals surface area contributed by atoms with Crippen molar-refractivity contribution in [2.24, 2.45) is 0 Å². The van der Waals surface area contributed by atoms with Crippen molar-refractivity contribution in [3.63, 3.8) is 0 Å². The van der Waals surface area contributed by atoms with Gasteiger partial charge in [0.25, 0.3) is 5.91 Å². The van der Waals surface area contributed by atoms with Crippen LogP contribution in [0, 0.1) is 5.82 Å². The fourth-order valence-corrected chi connectivity index (χ4v) is 3.43. The molecule has 24 heavy (non-hydrogen) atoms. The molecule has 0 saturated carbocycles. The summed E-state index contributed by atoms with van der Waals surface area (Å²) < 4.78 is 42.9. The van der Waals surface area contributed by atoms with Crippen molar-refractivity contribution in [2.75, 3.05) is 17.3 Å². The van der Waals surface area contributed by atoms with Gasteiger partial charge in [-0.25, -0.2) is 12.8 Å². The first kappa shape index (κ1) is 16.4. The van der Waals surface area contributed by atoms with Crippen molar-refractivity contribution in [2.45, 2.75) is 18.4 Å². The molecule has 1 aliphatic rings. The van der Waals surface area contributed by atoms with E-state index in [9.17, 15) is 17.6 Å². The molecule has 1 aliphatic heterocycles.